The molecule has 0 spiro atoms. The molecule has 0 fully saturated rings. The van der Waals surface area contributed by atoms with Crippen molar-refractivity contribution < 1.29 is 19.7 Å². The van der Waals surface area contributed by atoms with Crippen LogP contribution >= 0.6 is 0 Å². The van der Waals surface area contributed by atoms with Crippen LogP contribution in [0.1, 0.15) is 28.8 Å². The zero-order chi connectivity index (χ0) is 12.5. The maximum Gasteiger partial charge on any atom is 0.335 e. The van der Waals surface area contributed by atoms with Gasteiger partial charge in [-0.3, -0.25) is 0 Å². The predicted molar refractivity (Wildman–Crippen MR) is 64.2 cm³/mol. The molecule has 0 aromatic heterocycles. The van der Waals surface area contributed by atoms with E-state index in [4.69, 9.17) is 14.9 Å². The van der Waals surface area contributed by atoms with Crippen LogP contribution in [0.15, 0.2) is 24.3 Å². The van der Waals surface area contributed by atoms with Crippen molar-refractivity contribution in [3.05, 3.63) is 35.4 Å². The van der Waals surface area contributed by atoms with Crippen LogP contribution in [0.3, 0.4) is 0 Å². The Labute approximate surface area is 101 Å². The molecular weight excluding hydrogens is 220 g/mol. The Hall–Kier alpha value is -1.39. The fourth-order valence-electron chi connectivity index (χ4n) is 1.42. The molecule has 2 N–H and O–H groups in total. The Morgan fingerprint density at radius 2 is 1.82 bits per heavy atom. The fraction of sp³-hybridized carbons (Fsp3) is 0.462. The van der Waals surface area contributed by atoms with Crippen LogP contribution in [0.4, 0.5) is 0 Å². The standard InChI is InChI=1S/C13H18O4/c14-8-1-2-9-17-10-7-11-3-5-12(6-4-11)13(15)16/h3-6,14H,1-2,7-10H2,(H,15,16). The SMILES string of the molecule is O=C(O)c1ccc(CCOCCCCO)cc1. The Bertz CT molecular complexity index is 332. The molecule has 0 saturated carbocycles. The molecule has 1 aromatic rings. The molecule has 1 aromatic carbocycles. The van der Waals surface area contributed by atoms with E-state index in [1.807, 2.05) is 0 Å². The number of aliphatic hydroxyl groups is 1. The van der Waals surface area contributed by atoms with Crippen molar-refractivity contribution in [3.8, 4) is 0 Å². The number of hydrogen-bond donors (Lipinski definition) is 2. The van der Waals surface area contributed by atoms with Crippen LogP contribution in [-0.2, 0) is 11.2 Å². The molecule has 0 heterocycles. The molecule has 0 bridgehead atoms. The minimum absolute atomic E-state index is 0.208. The van der Waals surface area contributed by atoms with E-state index in [0.717, 1.165) is 24.8 Å². The Morgan fingerprint density at radius 3 is 2.41 bits per heavy atom. The summed E-state index contributed by atoms with van der Waals surface area (Å²) >= 11 is 0. The van der Waals surface area contributed by atoms with Crippen LogP contribution in [-0.4, -0.2) is 36.0 Å². The van der Waals surface area contributed by atoms with Gasteiger partial charge in [0.2, 0.25) is 0 Å². The first-order valence-corrected chi connectivity index (χ1v) is 5.75. The molecular formula is C13H18O4. The number of carbonyl (C=O) groups is 1. The molecule has 17 heavy (non-hydrogen) atoms. The number of unbranched alkanes of at least 4 members (excludes halogenated alkanes) is 1. The number of benzene rings is 1. The van der Waals surface area contributed by atoms with Crippen molar-refractivity contribution >= 4 is 5.97 Å². The molecule has 0 atom stereocenters. The summed E-state index contributed by atoms with van der Waals surface area (Å²) in [7, 11) is 0. The monoisotopic (exact) mass is 238 g/mol. The summed E-state index contributed by atoms with van der Waals surface area (Å²) in [6.45, 7) is 1.49. The first kappa shape index (κ1) is 13.7. The largest absolute Gasteiger partial charge is 0.478 e. The van der Waals surface area contributed by atoms with Crippen LogP contribution in [0.5, 0.6) is 0 Å². The zero-order valence-corrected chi connectivity index (χ0v) is 9.76. The highest BCUT2D eigenvalue weighted by Gasteiger charge is 2.01. The molecule has 0 aliphatic rings. The van der Waals surface area contributed by atoms with Crippen molar-refractivity contribution in [2.45, 2.75) is 19.3 Å². The lowest BCUT2D eigenvalue weighted by molar-refractivity contribution is 0.0697. The lowest BCUT2D eigenvalue weighted by Crippen LogP contribution is -2.02. The average Bonchev–Trinajstić information content (AvgIpc) is 2.34. The average molecular weight is 238 g/mol. The molecule has 0 aliphatic carbocycles. The maximum atomic E-state index is 10.6. The van der Waals surface area contributed by atoms with Gasteiger partial charge >= 0.3 is 5.97 Å². The van der Waals surface area contributed by atoms with E-state index in [1.54, 1.807) is 24.3 Å². The number of rotatable bonds is 8. The molecule has 94 valence electrons. The summed E-state index contributed by atoms with van der Waals surface area (Å²) in [5.41, 5.74) is 1.37. The topological polar surface area (TPSA) is 66.8 Å². The van der Waals surface area contributed by atoms with Crippen molar-refractivity contribution in [1.29, 1.82) is 0 Å². The van der Waals surface area contributed by atoms with Gasteiger partial charge in [0, 0.05) is 13.2 Å². The van der Waals surface area contributed by atoms with E-state index in [1.165, 1.54) is 0 Å². The third-order valence-electron chi connectivity index (χ3n) is 2.43. The van der Waals surface area contributed by atoms with E-state index in [9.17, 15) is 4.79 Å². The first-order chi connectivity index (χ1) is 8.24. The summed E-state index contributed by atoms with van der Waals surface area (Å²) in [4.78, 5) is 10.6. The molecule has 4 nitrogen and oxygen atoms in total. The predicted octanol–water partition coefficient (Wildman–Crippen LogP) is 1.72. The van der Waals surface area contributed by atoms with Crippen molar-refractivity contribution in [2.75, 3.05) is 19.8 Å². The summed E-state index contributed by atoms with van der Waals surface area (Å²) < 4.78 is 5.39. The van der Waals surface area contributed by atoms with Crippen molar-refractivity contribution in [2.24, 2.45) is 0 Å². The lowest BCUT2D eigenvalue weighted by atomic mass is 10.1. The summed E-state index contributed by atoms with van der Waals surface area (Å²) in [6, 6.07) is 6.81. The van der Waals surface area contributed by atoms with E-state index >= 15 is 0 Å². The Morgan fingerprint density at radius 1 is 1.12 bits per heavy atom. The second-order valence-corrected chi connectivity index (χ2v) is 3.80. The third-order valence-corrected chi connectivity index (χ3v) is 2.43. The lowest BCUT2D eigenvalue weighted by Gasteiger charge is -2.04. The molecule has 0 radical (unpaired) electrons. The fourth-order valence-corrected chi connectivity index (χ4v) is 1.42. The molecule has 0 unspecified atom stereocenters. The highest BCUT2D eigenvalue weighted by atomic mass is 16.5. The van der Waals surface area contributed by atoms with E-state index < -0.39 is 5.97 Å². The number of hydrogen-bond acceptors (Lipinski definition) is 3. The molecule has 0 amide bonds. The zero-order valence-electron chi connectivity index (χ0n) is 9.76. The maximum absolute atomic E-state index is 10.6. The quantitative estimate of drug-likeness (QED) is 0.677. The van der Waals surface area contributed by atoms with Gasteiger partial charge in [-0.2, -0.15) is 0 Å². The minimum Gasteiger partial charge on any atom is -0.478 e. The van der Waals surface area contributed by atoms with Gasteiger partial charge in [0.1, 0.15) is 0 Å². The number of aromatic carboxylic acids is 1. The highest BCUT2D eigenvalue weighted by Crippen LogP contribution is 2.05. The van der Waals surface area contributed by atoms with E-state index in [0.29, 0.717) is 18.8 Å². The number of carboxylic acid groups (broad SMARTS) is 1. The second-order valence-electron chi connectivity index (χ2n) is 3.80. The normalized spacial score (nSPS) is 10.4. The number of aliphatic hydroxyl groups excluding tert-OH is 1. The van der Waals surface area contributed by atoms with Gasteiger partial charge in [0.05, 0.1) is 12.2 Å². The Balaban J connectivity index is 2.21. The highest BCUT2D eigenvalue weighted by molar-refractivity contribution is 5.87. The van der Waals surface area contributed by atoms with E-state index in [2.05, 4.69) is 0 Å². The van der Waals surface area contributed by atoms with Crippen LogP contribution in [0, 0.1) is 0 Å². The molecule has 1 rings (SSSR count). The van der Waals surface area contributed by atoms with Gasteiger partial charge in [-0.05, 0) is 37.0 Å². The van der Waals surface area contributed by atoms with Crippen molar-refractivity contribution in [3.63, 3.8) is 0 Å². The van der Waals surface area contributed by atoms with Gasteiger partial charge in [-0.15, -0.1) is 0 Å². The summed E-state index contributed by atoms with van der Waals surface area (Å²) in [5, 5.41) is 17.3. The van der Waals surface area contributed by atoms with Crippen LogP contribution in [0.2, 0.25) is 0 Å². The molecule has 4 heteroatoms. The van der Waals surface area contributed by atoms with Gasteiger partial charge < -0.3 is 14.9 Å². The smallest absolute Gasteiger partial charge is 0.335 e. The molecule has 0 aliphatic heterocycles. The number of carboxylic acids is 1. The van der Waals surface area contributed by atoms with Crippen LogP contribution in [0.25, 0.3) is 0 Å². The van der Waals surface area contributed by atoms with Gasteiger partial charge in [0.25, 0.3) is 0 Å². The van der Waals surface area contributed by atoms with Gasteiger partial charge in [-0.25, -0.2) is 4.79 Å². The Kier molecular flexibility index (Phi) is 6.29. The number of ether oxygens (including phenoxy) is 1. The summed E-state index contributed by atoms with van der Waals surface area (Å²) in [5.74, 6) is -0.906. The van der Waals surface area contributed by atoms with E-state index in [-0.39, 0.29) is 6.61 Å². The van der Waals surface area contributed by atoms with Gasteiger partial charge in [-0.1, -0.05) is 12.1 Å². The second kappa shape index (κ2) is 7.81. The van der Waals surface area contributed by atoms with Gasteiger partial charge in [0.15, 0.2) is 0 Å². The van der Waals surface area contributed by atoms with Crippen molar-refractivity contribution in [1.82, 2.24) is 0 Å². The third kappa shape index (κ3) is 5.47. The van der Waals surface area contributed by atoms with Crippen LogP contribution < -0.4 is 0 Å². The molecule has 0 saturated heterocycles. The first-order valence-electron chi connectivity index (χ1n) is 5.75. The summed E-state index contributed by atoms with van der Waals surface area (Å²) in [6.07, 6.45) is 2.42. The minimum atomic E-state index is -0.906.